The monoisotopic (exact) mass is 223 g/mol. The molecule has 1 rings (SSSR count). The van der Waals surface area contributed by atoms with Gasteiger partial charge in [0.25, 0.3) is 0 Å². The molecule has 1 aromatic rings. The lowest BCUT2D eigenvalue weighted by atomic mass is 10.0. The van der Waals surface area contributed by atoms with Gasteiger partial charge < -0.3 is 15.2 Å². The van der Waals surface area contributed by atoms with Crippen molar-refractivity contribution in [3.05, 3.63) is 29.8 Å². The largest absolute Gasteiger partial charge is 0.497 e. The summed E-state index contributed by atoms with van der Waals surface area (Å²) in [5, 5.41) is 11.4. The molecule has 1 unspecified atom stereocenters. The van der Waals surface area contributed by atoms with Crippen molar-refractivity contribution in [3.8, 4) is 5.75 Å². The van der Waals surface area contributed by atoms with Crippen LogP contribution in [0.3, 0.4) is 0 Å². The average molecular weight is 223 g/mol. The second-order valence-electron chi connectivity index (χ2n) is 3.46. The van der Waals surface area contributed by atoms with E-state index in [9.17, 15) is 4.79 Å². The molecule has 2 N–H and O–H groups in total. The highest BCUT2D eigenvalue weighted by atomic mass is 16.5. The number of carbonyl (C=O) groups is 1. The molecule has 1 aromatic carbocycles. The Morgan fingerprint density at radius 3 is 2.50 bits per heavy atom. The predicted octanol–water partition coefficient (Wildman–Crippen LogP) is 1.25. The van der Waals surface area contributed by atoms with Gasteiger partial charge in [-0.15, -0.1) is 0 Å². The van der Waals surface area contributed by atoms with Crippen molar-refractivity contribution in [2.45, 2.75) is 19.4 Å². The van der Waals surface area contributed by atoms with Gasteiger partial charge in [-0.3, -0.25) is 4.79 Å². The number of ether oxygens (including phenoxy) is 1. The van der Waals surface area contributed by atoms with Gasteiger partial charge >= 0.3 is 0 Å². The fourth-order valence-electron chi connectivity index (χ4n) is 1.50. The van der Waals surface area contributed by atoms with E-state index in [-0.39, 0.29) is 11.9 Å². The molecule has 0 fully saturated rings. The lowest BCUT2D eigenvalue weighted by Gasteiger charge is -2.17. The summed E-state index contributed by atoms with van der Waals surface area (Å²) in [7, 11) is 1.61. The summed E-state index contributed by atoms with van der Waals surface area (Å²) >= 11 is 0. The maximum Gasteiger partial charge on any atom is 0.246 e. The third-order valence-corrected chi connectivity index (χ3v) is 2.41. The van der Waals surface area contributed by atoms with Crippen LogP contribution in [0.5, 0.6) is 5.75 Å². The Morgan fingerprint density at radius 1 is 1.44 bits per heavy atom. The zero-order valence-electron chi connectivity index (χ0n) is 9.56. The number of rotatable bonds is 5. The summed E-state index contributed by atoms with van der Waals surface area (Å²) in [6.45, 7) is 1.50. The van der Waals surface area contributed by atoms with Crippen molar-refractivity contribution < 1.29 is 14.6 Å². The number of aliphatic hydroxyl groups is 1. The highest BCUT2D eigenvalue weighted by Gasteiger charge is 2.11. The molecule has 0 aliphatic heterocycles. The molecule has 0 aliphatic rings. The molecule has 0 heterocycles. The van der Waals surface area contributed by atoms with Crippen LogP contribution in [0.4, 0.5) is 0 Å². The molecule has 1 amide bonds. The third-order valence-electron chi connectivity index (χ3n) is 2.41. The lowest BCUT2D eigenvalue weighted by Crippen LogP contribution is -2.30. The Morgan fingerprint density at radius 2 is 2.06 bits per heavy atom. The van der Waals surface area contributed by atoms with Crippen LogP contribution in [0.25, 0.3) is 0 Å². The Hall–Kier alpha value is -1.55. The van der Waals surface area contributed by atoms with Crippen LogP contribution in [0.1, 0.15) is 24.9 Å². The minimum absolute atomic E-state index is 0.0643. The van der Waals surface area contributed by atoms with E-state index in [1.807, 2.05) is 31.2 Å². The van der Waals surface area contributed by atoms with Crippen LogP contribution in [0, 0.1) is 0 Å². The summed E-state index contributed by atoms with van der Waals surface area (Å²) in [5.41, 5.74) is 1.00. The zero-order valence-corrected chi connectivity index (χ0v) is 9.56. The van der Waals surface area contributed by atoms with Gasteiger partial charge in [-0.25, -0.2) is 0 Å². The first kappa shape index (κ1) is 12.5. The Kier molecular flexibility index (Phi) is 4.79. The number of nitrogens with one attached hydrogen (secondary N) is 1. The molecular weight excluding hydrogens is 206 g/mol. The Balaban J connectivity index is 2.74. The van der Waals surface area contributed by atoms with Crippen molar-refractivity contribution in [3.63, 3.8) is 0 Å². The molecule has 1 atom stereocenters. The van der Waals surface area contributed by atoms with Crippen molar-refractivity contribution >= 4 is 5.91 Å². The maximum absolute atomic E-state index is 11.1. The predicted molar refractivity (Wildman–Crippen MR) is 61.3 cm³/mol. The Labute approximate surface area is 95.2 Å². The smallest absolute Gasteiger partial charge is 0.246 e. The van der Waals surface area contributed by atoms with Crippen LogP contribution in [0.2, 0.25) is 0 Å². The fourth-order valence-corrected chi connectivity index (χ4v) is 1.50. The van der Waals surface area contributed by atoms with E-state index in [2.05, 4.69) is 5.32 Å². The van der Waals surface area contributed by atoms with Crippen LogP contribution in [0.15, 0.2) is 24.3 Å². The summed E-state index contributed by atoms with van der Waals surface area (Å²) in [6.07, 6.45) is 0.776. The number of carbonyl (C=O) groups excluding carboxylic acids is 1. The van der Waals surface area contributed by atoms with E-state index in [4.69, 9.17) is 9.84 Å². The van der Waals surface area contributed by atoms with Crippen LogP contribution in [-0.4, -0.2) is 24.7 Å². The minimum Gasteiger partial charge on any atom is -0.497 e. The van der Waals surface area contributed by atoms with E-state index in [1.165, 1.54) is 0 Å². The van der Waals surface area contributed by atoms with Gasteiger partial charge in [0.05, 0.1) is 13.2 Å². The van der Waals surface area contributed by atoms with E-state index < -0.39 is 6.61 Å². The summed E-state index contributed by atoms with van der Waals surface area (Å²) in [4.78, 5) is 11.1. The van der Waals surface area contributed by atoms with Crippen LogP contribution >= 0.6 is 0 Å². The summed E-state index contributed by atoms with van der Waals surface area (Å²) in [6, 6.07) is 7.45. The van der Waals surface area contributed by atoms with Gasteiger partial charge in [-0.2, -0.15) is 0 Å². The van der Waals surface area contributed by atoms with Crippen LogP contribution < -0.4 is 10.1 Å². The quantitative estimate of drug-likeness (QED) is 0.790. The molecule has 0 aromatic heterocycles. The second-order valence-corrected chi connectivity index (χ2v) is 3.46. The first-order valence-corrected chi connectivity index (χ1v) is 5.25. The average Bonchev–Trinajstić information content (AvgIpc) is 2.35. The number of hydrogen-bond acceptors (Lipinski definition) is 3. The van der Waals surface area contributed by atoms with Crippen molar-refractivity contribution in [1.29, 1.82) is 0 Å². The highest BCUT2D eigenvalue weighted by molar-refractivity contribution is 5.77. The molecule has 0 saturated heterocycles. The number of amides is 1. The normalized spacial score (nSPS) is 11.9. The van der Waals surface area contributed by atoms with Gasteiger partial charge in [0, 0.05) is 0 Å². The SMILES string of the molecule is CCC(NC(=O)CO)c1ccc(OC)cc1. The van der Waals surface area contributed by atoms with E-state index in [0.29, 0.717) is 0 Å². The molecule has 0 aliphatic carbocycles. The van der Waals surface area contributed by atoms with Gasteiger partial charge in [-0.05, 0) is 24.1 Å². The number of benzene rings is 1. The van der Waals surface area contributed by atoms with Crippen molar-refractivity contribution in [2.24, 2.45) is 0 Å². The first-order valence-electron chi connectivity index (χ1n) is 5.25. The second kappa shape index (κ2) is 6.12. The molecule has 4 heteroatoms. The van der Waals surface area contributed by atoms with Gasteiger partial charge in [0.1, 0.15) is 12.4 Å². The molecular formula is C12H17NO3. The molecule has 0 radical (unpaired) electrons. The van der Waals surface area contributed by atoms with Gasteiger partial charge in [0.2, 0.25) is 5.91 Å². The summed E-state index contributed by atoms with van der Waals surface area (Å²) in [5.74, 6) is 0.426. The fraction of sp³-hybridized carbons (Fsp3) is 0.417. The van der Waals surface area contributed by atoms with E-state index in [0.717, 1.165) is 17.7 Å². The molecule has 0 saturated carbocycles. The molecule has 0 bridgehead atoms. The standard InChI is InChI=1S/C12H17NO3/c1-3-11(13-12(15)8-14)9-4-6-10(16-2)7-5-9/h4-7,11,14H,3,8H2,1-2H3,(H,13,15). The topological polar surface area (TPSA) is 58.6 Å². The number of hydrogen-bond donors (Lipinski definition) is 2. The lowest BCUT2D eigenvalue weighted by molar-refractivity contribution is -0.124. The van der Waals surface area contributed by atoms with Crippen molar-refractivity contribution in [2.75, 3.05) is 13.7 Å². The number of methoxy groups -OCH3 is 1. The van der Waals surface area contributed by atoms with E-state index >= 15 is 0 Å². The first-order chi connectivity index (χ1) is 7.71. The van der Waals surface area contributed by atoms with Gasteiger partial charge in [-0.1, -0.05) is 19.1 Å². The zero-order chi connectivity index (χ0) is 12.0. The van der Waals surface area contributed by atoms with Gasteiger partial charge in [0.15, 0.2) is 0 Å². The van der Waals surface area contributed by atoms with E-state index in [1.54, 1.807) is 7.11 Å². The third kappa shape index (κ3) is 3.24. The summed E-state index contributed by atoms with van der Waals surface area (Å²) < 4.78 is 5.06. The molecule has 0 spiro atoms. The minimum atomic E-state index is -0.480. The molecule has 16 heavy (non-hydrogen) atoms. The maximum atomic E-state index is 11.1. The highest BCUT2D eigenvalue weighted by Crippen LogP contribution is 2.19. The number of aliphatic hydroxyl groups excluding tert-OH is 1. The molecule has 88 valence electrons. The van der Waals surface area contributed by atoms with Crippen molar-refractivity contribution in [1.82, 2.24) is 5.32 Å². The Bertz CT molecular complexity index is 335. The molecule has 4 nitrogen and oxygen atoms in total. The van der Waals surface area contributed by atoms with Crippen LogP contribution in [-0.2, 0) is 4.79 Å².